The van der Waals surface area contributed by atoms with Gasteiger partial charge in [-0.1, -0.05) is 6.07 Å². The molecule has 2 aromatic carbocycles. The van der Waals surface area contributed by atoms with Crippen LogP contribution < -0.4 is 14.8 Å². The number of carbonyl (C=O) groups is 1. The van der Waals surface area contributed by atoms with Crippen LogP contribution >= 0.6 is 11.3 Å². The van der Waals surface area contributed by atoms with Crippen molar-refractivity contribution in [1.82, 2.24) is 14.8 Å². The number of rotatable bonds is 7. The first-order chi connectivity index (χ1) is 15.0. The molecule has 1 amide bonds. The Kier molecular flexibility index (Phi) is 5.99. The number of methoxy groups -OCH3 is 1. The number of benzene rings is 2. The van der Waals surface area contributed by atoms with Gasteiger partial charge in [0.05, 0.1) is 23.8 Å². The lowest BCUT2D eigenvalue weighted by Gasteiger charge is -2.08. The molecule has 0 atom stereocenters. The Morgan fingerprint density at radius 1 is 1.06 bits per heavy atom. The summed E-state index contributed by atoms with van der Waals surface area (Å²) >= 11 is 1.58. The zero-order chi connectivity index (χ0) is 21.8. The summed E-state index contributed by atoms with van der Waals surface area (Å²) in [5.41, 5.74) is 2.05. The normalized spacial score (nSPS) is 10.8. The van der Waals surface area contributed by atoms with Gasteiger partial charge in [-0.25, -0.2) is 4.68 Å². The molecule has 0 fully saturated rings. The molecule has 7 nitrogen and oxygen atoms in total. The molecule has 8 heteroatoms. The predicted octanol–water partition coefficient (Wildman–Crippen LogP) is 5.04. The van der Waals surface area contributed by atoms with Crippen LogP contribution in [0, 0.1) is 0 Å². The number of hydrogen-bond acceptors (Lipinski definition) is 6. The molecule has 0 bridgehead atoms. The van der Waals surface area contributed by atoms with Crippen LogP contribution in [0.1, 0.15) is 24.2 Å². The number of thiophene rings is 1. The molecule has 0 aliphatic carbocycles. The first-order valence-electron chi connectivity index (χ1n) is 9.77. The fraction of sp³-hybridized carbons (Fsp3) is 0.174. The molecule has 0 saturated heterocycles. The summed E-state index contributed by atoms with van der Waals surface area (Å²) in [5.74, 6) is 1.22. The van der Waals surface area contributed by atoms with E-state index >= 15 is 0 Å². The molecule has 1 N–H and O–H groups in total. The second kappa shape index (κ2) is 9.01. The highest BCUT2D eigenvalue weighted by Gasteiger charge is 2.16. The van der Waals surface area contributed by atoms with Crippen LogP contribution in [0.5, 0.6) is 11.8 Å². The first kappa shape index (κ1) is 20.6. The minimum atomic E-state index is -0.192. The summed E-state index contributed by atoms with van der Waals surface area (Å²) in [6.07, 6.45) is -0.0254. The van der Waals surface area contributed by atoms with Crippen LogP contribution in [0.25, 0.3) is 16.4 Å². The molecule has 4 aromatic rings. The van der Waals surface area contributed by atoms with Crippen molar-refractivity contribution in [3.63, 3.8) is 0 Å². The lowest BCUT2D eigenvalue weighted by Crippen LogP contribution is -2.11. The second-order valence-electron chi connectivity index (χ2n) is 7.00. The van der Waals surface area contributed by atoms with Gasteiger partial charge >= 0.3 is 6.01 Å². The molecular formula is C23H22N4O3S. The largest absolute Gasteiger partial charge is 0.497 e. The van der Waals surface area contributed by atoms with Gasteiger partial charge in [0.25, 0.3) is 5.91 Å². The minimum Gasteiger partial charge on any atom is -0.497 e. The zero-order valence-electron chi connectivity index (χ0n) is 17.4. The monoisotopic (exact) mass is 434 g/mol. The van der Waals surface area contributed by atoms with Crippen LogP contribution in [0.2, 0.25) is 0 Å². The quantitative estimate of drug-likeness (QED) is 0.441. The average molecular weight is 435 g/mol. The summed E-state index contributed by atoms with van der Waals surface area (Å²) < 4.78 is 12.6. The van der Waals surface area contributed by atoms with Gasteiger partial charge < -0.3 is 14.8 Å². The molecule has 158 valence electrons. The number of amides is 1. The molecule has 2 aromatic heterocycles. The van der Waals surface area contributed by atoms with Crippen LogP contribution in [0.3, 0.4) is 0 Å². The standard InChI is InChI=1S/C23H22N4O3S/c1-15(2)30-23-25-21(20-5-4-14-31-20)27(26-23)18-10-8-17(9-11-18)24-22(28)16-6-12-19(29-3)13-7-16/h4-15H,1-3H3,(H,24,28). The van der Waals surface area contributed by atoms with Gasteiger partial charge in [0.15, 0.2) is 5.82 Å². The summed E-state index contributed by atoms with van der Waals surface area (Å²) in [4.78, 5) is 18.0. The number of ether oxygens (including phenoxy) is 2. The third-order valence-electron chi connectivity index (χ3n) is 4.39. The van der Waals surface area contributed by atoms with Crippen molar-refractivity contribution in [3.05, 3.63) is 71.6 Å². The van der Waals surface area contributed by atoms with E-state index in [0.29, 0.717) is 28.8 Å². The van der Waals surface area contributed by atoms with Gasteiger partial charge in [0, 0.05) is 11.3 Å². The Hall–Kier alpha value is -3.65. The predicted molar refractivity (Wildman–Crippen MR) is 121 cm³/mol. The first-order valence-corrected chi connectivity index (χ1v) is 10.6. The van der Waals surface area contributed by atoms with Crippen molar-refractivity contribution < 1.29 is 14.3 Å². The maximum Gasteiger partial charge on any atom is 0.336 e. The van der Waals surface area contributed by atoms with Crippen LogP contribution in [-0.4, -0.2) is 33.9 Å². The van der Waals surface area contributed by atoms with Gasteiger partial charge in [-0.3, -0.25) is 4.79 Å². The summed E-state index contributed by atoms with van der Waals surface area (Å²) in [6, 6.07) is 18.7. The van der Waals surface area contributed by atoms with E-state index in [9.17, 15) is 4.79 Å². The Labute approximate surface area is 184 Å². The lowest BCUT2D eigenvalue weighted by atomic mass is 10.2. The van der Waals surface area contributed by atoms with Crippen molar-refractivity contribution in [1.29, 1.82) is 0 Å². The molecular weight excluding hydrogens is 412 g/mol. The van der Waals surface area contributed by atoms with Crippen molar-refractivity contribution in [2.24, 2.45) is 0 Å². The van der Waals surface area contributed by atoms with Gasteiger partial charge in [-0.15, -0.1) is 16.4 Å². The van der Waals surface area contributed by atoms with E-state index in [-0.39, 0.29) is 12.0 Å². The Balaban J connectivity index is 1.56. The van der Waals surface area contributed by atoms with E-state index in [1.807, 2.05) is 55.6 Å². The van der Waals surface area contributed by atoms with Gasteiger partial charge in [-0.05, 0) is 73.8 Å². The van der Waals surface area contributed by atoms with Crippen LogP contribution in [0.15, 0.2) is 66.0 Å². The molecule has 31 heavy (non-hydrogen) atoms. The number of anilines is 1. The second-order valence-corrected chi connectivity index (χ2v) is 7.95. The molecule has 0 saturated carbocycles. The molecule has 0 unspecified atom stereocenters. The van der Waals surface area contributed by atoms with Crippen LogP contribution in [0.4, 0.5) is 5.69 Å². The molecule has 0 aliphatic heterocycles. The number of hydrogen-bond donors (Lipinski definition) is 1. The number of nitrogens with zero attached hydrogens (tertiary/aromatic N) is 3. The number of nitrogens with one attached hydrogen (secondary N) is 1. The van der Waals surface area contributed by atoms with E-state index in [1.165, 1.54) is 0 Å². The molecule has 0 aliphatic rings. The maximum absolute atomic E-state index is 12.5. The average Bonchev–Trinajstić information content (AvgIpc) is 3.44. The highest BCUT2D eigenvalue weighted by Crippen LogP contribution is 2.28. The van der Waals surface area contributed by atoms with Crippen molar-refractivity contribution in [3.8, 4) is 28.1 Å². The van der Waals surface area contributed by atoms with E-state index in [0.717, 1.165) is 10.6 Å². The van der Waals surface area contributed by atoms with Gasteiger partial charge in [-0.2, -0.15) is 4.98 Å². The van der Waals surface area contributed by atoms with Crippen molar-refractivity contribution in [2.75, 3.05) is 12.4 Å². The Morgan fingerprint density at radius 2 is 1.81 bits per heavy atom. The maximum atomic E-state index is 12.5. The molecule has 0 radical (unpaired) electrons. The third-order valence-corrected chi connectivity index (χ3v) is 5.26. The van der Waals surface area contributed by atoms with Crippen molar-refractivity contribution in [2.45, 2.75) is 20.0 Å². The minimum absolute atomic E-state index is 0.0254. The number of aromatic nitrogens is 3. The molecule has 0 spiro atoms. The van der Waals surface area contributed by atoms with Gasteiger partial charge in [0.2, 0.25) is 0 Å². The Bertz CT molecular complexity index is 1150. The SMILES string of the molecule is COc1ccc(C(=O)Nc2ccc(-n3nc(OC(C)C)nc3-c3cccs3)cc2)cc1. The fourth-order valence-corrected chi connectivity index (χ4v) is 3.63. The van der Waals surface area contributed by atoms with E-state index in [4.69, 9.17) is 9.47 Å². The topological polar surface area (TPSA) is 78.3 Å². The number of carbonyl (C=O) groups excluding carboxylic acids is 1. The highest BCUT2D eigenvalue weighted by molar-refractivity contribution is 7.13. The smallest absolute Gasteiger partial charge is 0.336 e. The van der Waals surface area contributed by atoms with Crippen molar-refractivity contribution >= 4 is 22.9 Å². The van der Waals surface area contributed by atoms with E-state index < -0.39 is 0 Å². The summed E-state index contributed by atoms with van der Waals surface area (Å²) in [7, 11) is 1.59. The molecule has 4 rings (SSSR count). The Morgan fingerprint density at radius 3 is 2.42 bits per heavy atom. The van der Waals surface area contributed by atoms with Gasteiger partial charge in [0.1, 0.15) is 5.75 Å². The third kappa shape index (κ3) is 4.75. The summed E-state index contributed by atoms with van der Waals surface area (Å²) in [6.45, 7) is 3.87. The highest BCUT2D eigenvalue weighted by atomic mass is 32.1. The summed E-state index contributed by atoms with van der Waals surface area (Å²) in [5, 5.41) is 9.42. The molecule has 2 heterocycles. The van der Waals surface area contributed by atoms with E-state index in [1.54, 1.807) is 47.4 Å². The van der Waals surface area contributed by atoms with E-state index in [2.05, 4.69) is 15.4 Å². The lowest BCUT2D eigenvalue weighted by molar-refractivity contribution is 0.102. The fourth-order valence-electron chi connectivity index (χ4n) is 2.93. The zero-order valence-corrected chi connectivity index (χ0v) is 18.2. The van der Waals surface area contributed by atoms with Crippen LogP contribution in [-0.2, 0) is 0 Å².